The van der Waals surface area contributed by atoms with E-state index in [-0.39, 0.29) is 35.7 Å². The predicted octanol–water partition coefficient (Wildman–Crippen LogP) is 6.80. The lowest BCUT2D eigenvalue weighted by Crippen LogP contribution is -2.60. The number of nitrogens with zero attached hydrogens (tertiary/aromatic N) is 5. The van der Waals surface area contributed by atoms with Crippen LogP contribution in [0.15, 0.2) is 88.6 Å². The average Bonchev–Trinajstić information content (AvgIpc) is 3.44. The third-order valence-electron chi connectivity index (χ3n) is 10.3. The number of ether oxygens (including phenoxy) is 1. The van der Waals surface area contributed by atoms with Crippen LogP contribution in [0.2, 0.25) is 0 Å². The molecule has 2 aliphatic carbocycles. The molecule has 0 unspecified atom stereocenters. The summed E-state index contributed by atoms with van der Waals surface area (Å²) in [5.74, 6) is -5.44. The van der Waals surface area contributed by atoms with Crippen LogP contribution in [0.1, 0.15) is 24.3 Å². The lowest BCUT2D eigenvalue weighted by atomic mass is 9.56. The summed E-state index contributed by atoms with van der Waals surface area (Å²) in [4.78, 5) is 56.3. The first-order valence-corrected chi connectivity index (χ1v) is 17.8. The first kappa shape index (κ1) is 34.2. The molecule has 3 aromatic carbocycles. The quantitative estimate of drug-likeness (QED) is 0.0918. The van der Waals surface area contributed by atoms with Crippen molar-refractivity contribution in [3.63, 3.8) is 0 Å². The fourth-order valence-corrected chi connectivity index (χ4v) is 9.29. The summed E-state index contributed by atoms with van der Waals surface area (Å²) in [5, 5.41) is 19.3. The van der Waals surface area contributed by atoms with Crippen molar-refractivity contribution in [1.29, 1.82) is 0 Å². The lowest BCUT2D eigenvalue weighted by Gasteiger charge is -2.50. The van der Waals surface area contributed by atoms with Crippen LogP contribution in [0.25, 0.3) is 0 Å². The topological polar surface area (TPSA) is 132 Å². The fraction of sp³-hybridized carbons (Fsp3) is 0.333. The minimum atomic E-state index is -1.97. The molecule has 0 radical (unpaired) electrons. The van der Waals surface area contributed by atoms with E-state index in [1.165, 1.54) is 24.1 Å². The van der Waals surface area contributed by atoms with Gasteiger partial charge in [0.05, 0.1) is 41.5 Å². The number of azo groups is 1. The number of amides is 4. The van der Waals surface area contributed by atoms with E-state index in [0.717, 1.165) is 10.6 Å². The van der Waals surface area contributed by atoms with Gasteiger partial charge in [-0.3, -0.25) is 29.0 Å². The molecule has 7 rings (SSSR count). The van der Waals surface area contributed by atoms with Crippen LogP contribution in [-0.2, 0) is 19.2 Å². The molecule has 1 saturated carbocycles. The van der Waals surface area contributed by atoms with Gasteiger partial charge in [0.15, 0.2) is 21.2 Å². The molecule has 0 bridgehead atoms. The van der Waals surface area contributed by atoms with Crippen molar-refractivity contribution in [2.75, 3.05) is 36.5 Å². The Bertz CT molecular complexity index is 1990. The smallest absolute Gasteiger partial charge is 0.254 e. The molecule has 2 saturated heterocycles. The number of anilines is 2. The van der Waals surface area contributed by atoms with E-state index in [1.54, 1.807) is 30.3 Å². The van der Waals surface area contributed by atoms with E-state index < -0.39 is 51.1 Å². The summed E-state index contributed by atoms with van der Waals surface area (Å²) >= 11 is 17.8. The molecule has 3 fully saturated rings. The van der Waals surface area contributed by atoms with Crippen molar-refractivity contribution >= 4 is 85.5 Å². The highest BCUT2D eigenvalue weighted by molar-refractivity contribution is 9.09. The normalized spacial score (nSPS) is 28.9. The van der Waals surface area contributed by atoms with Crippen molar-refractivity contribution in [1.82, 2.24) is 4.90 Å². The van der Waals surface area contributed by atoms with Crippen molar-refractivity contribution in [2.24, 2.45) is 28.0 Å². The van der Waals surface area contributed by atoms with Crippen LogP contribution in [0.4, 0.5) is 22.7 Å². The molecule has 11 nitrogen and oxygen atoms in total. The highest BCUT2D eigenvalue weighted by Gasteiger charge is 2.76. The number of hydrogen-bond acceptors (Lipinski definition) is 9. The van der Waals surface area contributed by atoms with Crippen LogP contribution in [0.3, 0.4) is 0 Å². The number of halogens is 3. The molecule has 3 aromatic rings. The maximum absolute atomic E-state index is 14.3. The summed E-state index contributed by atoms with van der Waals surface area (Å²) in [6.45, 7) is 0. The maximum atomic E-state index is 14.3. The number of phenols is 1. The molecule has 1 N–H and O–H groups in total. The molecule has 50 heavy (non-hydrogen) atoms. The third kappa shape index (κ3) is 4.97. The van der Waals surface area contributed by atoms with Gasteiger partial charge in [0.25, 0.3) is 11.8 Å². The van der Waals surface area contributed by atoms with Crippen LogP contribution in [-0.4, -0.2) is 70.0 Å². The first-order valence-electron chi connectivity index (χ1n) is 15.9. The Kier molecular flexibility index (Phi) is 8.55. The molecular formula is C36H32BrCl2N5O6. The average molecular weight is 781 g/mol. The van der Waals surface area contributed by atoms with Gasteiger partial charge in [-0.05, 0) is 85.0 Å². The van der Waals surface area contributed by atoms with Crippen LogP contribution < -0.4 is 14.5 Å². The highest BCUT2D eigenvalue weighted by atomic mass is 79.9. The van der Waals surface area contributed by atoms with E-state index >= 15 is 0 Å². The number of phenolic OH excluding ortho intramolecular Hbond substituents is 1. The van der Waals surface area contributed by atoms with Crippen molar-refractivity contribution < 1.29 is 29.0 Å². The van der Waals surface area contributed by atoms with Gasteiger partial charge in [0, 0.05) is 25.7 Å². The van der Waals surface area contributed by atoms with Crippen molar-refractivity contribution in [2.45, 2.75) is 28.5 Å². The number of likely N-dealkylation sites (tertiary alicyclic amines) is 1. The van der Waals surface area contributed by atoms with E-state index in [4.69, 9.17) is 27.9 Å². The first-order chi connectivity index (χ1) is 23.8. The van der Waals surface area contributed by atoms with Gasteiger partial charge >= 0.3 is 0 Å². The second-order valence-corrected chi connectivity index (χ2v) is 14.8. The van der Waals surface area contributed by atoms with Crippen LogP contribution in [0, 0.1) is 17.8 Å². The molecule has 4 aliphatic rings. The van der Waals surface area contributed by atoms with Gasteiger partial charge in [-0.1, -0.05) is 33.6 Å². The lowest BCUT2D eigenvalue weighted by molar-refractivity contribution is -0.138. The number of benzene rings is 3. The summed E-state index contributed by atoms with van der Waals surface area (Å²) in [6.07, 6.45) is 1.91. The molecule has 0 aromatic heterocycles. The number of methoxy groups -OCH3 is 1. The van der Waals surface area contributed by atoms with Gasteiger partial charge in [0.2, 0.25) is 11.8 Å². The Morgan fingerprint density at radius 3 is 2.14 bits per heavy atom. The van der Waals surface area contributed by atoms with E-state index in [0.29, 0.717) is 28.2 Å². The van der Waals surface area contributed by atoms with Gasteiger partial charge < -0.3 is 14.7 Å². The Morgan fingerprint density at radius 2 is 1.56 bits per heavy atom. The third-order valence-corrected chi connectivity index (χ3v) is 12.2. The summed E-state index contributed by atoms with van der Waals surface area (Å²) in [7, 11) is 5.32. The van der Waals surface area contributed by atoms with Crippen LogP contribution in [0.5, 0.6) is 11.5 Å². The Morgan fingerprint density at radius 1 is 0.920 bits per heavy atom. The molecular weight excluding hydrogens is 749 g/mol. The number of fused-ring (bicyclic) bond motifs is 4. The Balaban J connectivity index is 1.22. The largest absolute Gasteiger partial charge is 0.504 e. The second-order valence-electron chi connectivity index (χ2n) is 13.1. The zero-order chi connectivity index (χ0) is 35.7. The molecule has 6 atom stereocenters. The van der Waals surface area contributed by atoms with Crippen LogP contribution >= 0.6 is 39.1 Å². The number of carbonyl (C=O) groups excluding carboxylic acids is 4. The number of allylic oxidation sites excluding steroid dienone is 2. The van der Waals surface area contributed by atoms with Gasteiger partial charge in [-0.25, -0.2) is 0 Å². The number of aromatic hydroxyl groups is 1. The van der Waals surface area contributed by atoms with Gasteiger partial charge in [-0.2, -0.15) is 10.2 Å². The summed E-state index contributed by atoms with van der Waals surface area (Å²) in [5.41, 5.74) is 3.53. The minimum absolute atomic E-state index is 0.132. The standard InChI is InChI=1S/C36H32BrCl2N5O6/c1-42(2)22-9-5-20(6-10-22)40-41-21-7-11-23(12-8-21)44-31(46)25-14-13-24-26(29(25)32(44)47)17-35(38)33(48)43(18-37)34(49)36(35,39)30(24)19-4-15-28(50-3)27(45)16-19/h4-13,15-16,25-26,29-30,45H,14,17-18H2,1-3H3/t25-,26+,29-,30-,35+,36-/m0/s1. The van der Waals surface area contributed by atoms with Crippen molar-refractivity contribution in [3.8, 4) is 11.5 Å². The van der Waals surface area contributed by atoms with Crippen molar-refractivity contribution in [3.05, 3.63) is 83.9 Å². The predicted molar refractivity (Wildman–Crippen MR) is 192 cm³/mol. The summed E-state index contributed by atoms with van der Waals surface area (Å²) < 4.78 is 5.23. The Hall–Kier alpha value is -4.26. The molecule has 2 heterocycles. The number of imide groups is 2. The van der Waals surface area contributed by atoms with E-state index in [1.807, 2.05) is 49.3 Å². The fourth-order valence-electron chi connectivity index (χ4n) is 7.87. The minimum Gasteiger partial charge on any atom is -0.504 e. The van der Waals surface area contributed by atoms with Gasteiger partial charge in [0.1, 0.15) is 0 Å². The number of carbonyl (C=O) groups is 4. The maximum Gasteiger partial charge on any atom is 0.254 e. The number of hydrogen-bond donors (Lipinski definition) is 1. The number of alkyl halides is 3. The molecule has 2 aliphatic heterocycles. The SMILES string of the molecule is COc1ccc([C@H]2C3=CC[C@@H]4C(=O)N(c5ccc(N=Nc6ccc(N(C)C)cc6)cc5)C(=O)[C@@H]4[C@@H]3C[C@@]3(Cl)C(=O)N(CBr)C(=O)[C@@]23Cl)cc1O. The Labute approximate surface area is 306 Å². The monoisotopic (exact) mass is 779 g/mol. The highest BCUT2D eigenvalue weighted by Crippen LogP contribution is 2.65. The zero-order valence-electron chi connectivity index (χ0n) is 27.2. The second kappa shape index (κ2) is 12.5. The molecule has 258 valence electrons. The van der Waals surface area contributed by atoms with Gasteiger partial charge in [-0.15, -0.1) is 23.2 Å². The number of rotatable bonds is 7. The molecule has 14 heteroatoms. The molecule has 4 amide bonds. The zero-order valence-corrected chi connectivity index (χ0v) is 30.3. The van der Waals surface area contributed by atoms with E-state index in [2.05, 4.69) is 26.2 Å². The van der Waals surface area contributed by atoms with E-state index in [9.17, 15) is 24.3 Å². The summed E-state index contributed by atoms with van der Waals surface area (Å²) in [6, 6.07) is 18.9. The molecule has 0 spiro atoms.